The molecule has 1 aliphatic carbocycles. The summed E-state index contributed by atoms with van der Waals surface area (Å²) in [4.78, 5) is 15.2. The van der Waals surface area contributed by atoms with Gasteiger partial charge in [0.15, 0.2) is 0 Å². The summed E-state index contributed by atoms with van der Waals surface area (Å²) < 4.78 is 5.73. The van der Waals surface area contributed by atoms with Crippen molar-refractivity contribution in [1.82, 2.24) is 5.32 Å². The molecule has 1 heterocycles. The van der Waals surface area contributed by atoms with Crippen molar-refractivity contribution in [1.29, 1.82) is 0 Å². The number of nitrogens with zero attached hydrogens (tertiary/aromatic N) is 1. The number of carbonyl (C=O) groups excluding carboxylic acids is 1. The summed E-state index contributed by atoms with van der Waals surface area (Å²) in [6.07, 6.45) is 2.58. The first-order chi connectivity index (χ1) is 12.3. The van der Waals surface area contributed by atoms with Gasteiger partial charge in [-0.3, -0.25) is 4.79 Å². The Kier molecular flexibility index (Phi) is 8.91. The van der Waals surface area contributed by atoms with Crippen LogP contribution in [0.3, 0.4) is 0 Å². The Morgan fingerprint density at radius 1 is 1.36 bits per heavy atom. The fourth-order valence-electron chi connectivity index (χ4n) is 4.16. The number of piperidine rings is 1. The second kappa shape index (κ2) is 9.86. The molecule has 3 N–H and O–H groups in total. The molecule has 0 radical (unpaired) electrons. The second-order valence-electron chi connectivity index (χ2n) is 8.05. The average Bonchev–Trinajstić information content (AvgIpc) is 2.62. The summed E-state index contributed by atoms with van der Waals surface area (Å²) in [5.41, 5.74) is 6.28. The van der Waals surface area contributed by atoms with Crippen LogP contribution in [0.2, 0.25) is 5.02 Å². The van der Waals surface area contributed by atoms with E-state index >= 15 is 0 Å². The van der Waals surface area contributed by atoms with Crippen LogP contribution in [0.1, 0.15) is 40.0 Å². The third kappa shape index (κ3) is 4.54. The number of nitrogens with two attached hydrogens (primary N) is 1. The molecular formula is C20H32Cl3N3O2. The van der Waals surface area contributed by atoms with Crippen LogP contribution in [0.4, 0.5) is 5.69 Å². The fourth-order valence-corrected chi connectivity index (χ4v) is 4.41. The average molecular weight is 453 g/mol. The third-order valence-corrected chi connectivity index (χ3v) is 6.50. The van der Waals surface area contributed by atoms with Gasteiger partial charge in [-0.25, -0.2) is 0 Å². The number of ether oxygens (including phenoxy) is 1. The maximum absolute atomic E-state index is 13.0. The van der Waals surface area contributed by atoms with Crippen LogP contribution in [0.5, 0.6) is 0 Å². The first-order valence-corrected chi connectivity index (χ1v) is 9.88. The maximum Gasteiger partial charge on any atom is 0.241 e. The molecule has 1 aromatic rings. The second-order valence-corrected chi connectivity index (χ2v) is 8.46. The topological polar surface area (TPSA) is 67.6 Å². The highest BCUT2D eigenvalue weighted by Gasteiger charge is 2.63. The van der Waals surface area contributed by atoms with Gasteiger partial charge in [0, 0.05) is 37.6 Å². The van der Waals surface area contributed by atoms with Crippen molar-refractivity contribution in [3.8, 4) is 0 Å². The Hall–Kier alpha value is -0.720. The van der Waals surface area contributed by atoms with E-state index in [0.29, 0.717) is 13.0 Å². The van der Waals surface area contributed by atoms with Gasteiger partial charge in [-0.1, -0.05) is 37.6 Å². The number of nitrogens with one attached hydrogen (secondary N) is 1. The molecule has 3 rings (SSSR count). The highest BCUT2D eigenvalue weighted by molar-refractivity contribution is 6.33. The van der Waals surface area contributed by atoms with Crippen LogP contribution in [0, 0.1) is 5.41 Å². The van der Waals surface area contributed by atoms with Crippen LogP contribution < -0.4 is 16.0 Å². The molecule has 1 aromatic carbocycles. The van der Waals surface area contributed by atoms with E-state index in [0.717, 1.165) is 36.6 Å². The van der Waals surface area contributed by atoms with Gasteiger partial charge in [-0.15, -0.1) is 24.8 Å². The fraction of sp³-hybridized carbons (Fsp3) is 0.650. The van der Waals surface area contributed by atoms with Crippen LogP contribution in [0.25, 0.3) is 0 Å². The van der Waals surface area contributed by atoms with Gasteiger partial charge in [0.1, 0.15) is 5.54 Å². The lowest BCUT2D eigenvalue weighted by Gasteiger charge is -2.58. The zero-order chi connectivity index (χ0) is 18.9. The number of hydrogen-bond acceptors (Lipinski definition) is 4. The number of anilines is 1. The molecule has 5 nitrogen and oxygen atoms in total. The van der Waals surface area contributed by atoms with E-state index < -0.39 is 5.54 Å². The standard InChI is InChI=1S/C20H30ClN3O2.2ClH/c1-4-26-17-12-20(22,19(17,2)3)18(25)23-14-8-7-11-24(13-14)16-10-6-5-9-15(16)21;;/h5-6,9-10,14,17H,4,7-8,11-13,22H2,1-3H3,(H,23,25);2*1H. The molecule has 0 aromatic heterocycles. The smallest absolute Gasteiger partial charge is 0.241 e. The van der Waals surface area contributed by atoms with Crippen molar-refractivity contribution >= 4 is 48.0 Å². The normalized spacial score (nSPS) is 28.4. The van der Waals surface area contributed by atoms with Crippen molar-refractivity contribution in [3.63, 3.8) is 0 Å². The molecule has 1 saturated carbocycles. The lowest BCUT2D eigenvalue weighted by molar-refractivity contribution is -0.171. The maximum atomic E-state index is 13.0. The van der Waals surface area contributed by atoms with Crippen LogP contribution in [-0.4, -0.2) is 43.3 Å². The van der Waals surface area contributed by atoms with Gasteiger partial charge in [-0.05, 0) is 31.9 Å². The molecule has 2 aliphatic rings. The van der Waals surface area contributed by atoms with Crippen molar-refractivity contribution in [2.24, 2.45) is 11.1 Å². The van der Waals surface area contributed by atoms with Crippen LogP contribution in [-0.2, 0) is 9.53 Å². The zero-order valence-corrected chi connectivity index (χ0v) is 19.1. The Morgan fingerprint density at radius 3 is 2.64 bits per heavy atom. The number of carbonyl (C=O) groups is 1. The highest BCUT2D eigenvalue weighted by Crippen LogP contribution is 2.50. The summed E-state index contributed by atoms with van der Waals surface area (Å²) in [5.74, 6) is -0.0653. The molecule has 28 heavy (non-hydrogen) atoms. The van der Waals surface area contributed by atoms with Gasteiger partial charge < -0.3 is 20.7 Å². The first kappa shape index (κ1) is 25.3. The number of benzene rings is 1. The Balaban J connectivity index is 0.00000196. The van der Waals surface area contributed by atoms with Crippen molar-refractivity contribution in [2.75, 3.05) is 24.6 Å². The van der Waals surface area contributed by atoms with Crippen LogP contribution in [0.15, 0.2) is 24.3 Å². The minimum absolute atomic E-state index is 0. The van der Waals surface area contributed by atoms with E-state index in [-0.39, 0.29) is 48.3 Å². The van der Waals surface area contributed by atoms with Gasteiger partial charge in [-0.2, -0.15) is 0 Å². The number of para-hydroxylation sites is 1. The first-order valence-electron chi connectivity index (χ1n) is 9.50. The molecule has 8 heteroatoms. The van der Waals surface area contributed by atoms with Crippen LogP contribution >= 0.6 is 36.4 Å². The Labute approximate surface area is 185 Å². The van der Waals surface area contributed by atoms with Gasteiger partial charge >= 0.3 is 0 Å². The van der Waals surface area contributed by atoms with E-state index in [4.69, 9.17) is 22.1 Å². The summed E-state index contributed by atoms with van der Waals surface area (Å²) in [7, 11) is 0. The minimum atomic E-state index is -0.875. The molecule has 1 aliphatic heterocycles. The predicted molar refractivity (Wildman–Crippen MR) is 120 cm³/mol. The molecule has 2 fully saturated rings. The zero-order valence-electron chi connectivity index (χ0n) is 16.7. The molecular weight excluding hydrogens is 421 g/mol. The van der Waals surface area contributed by atoms with E-state index in [1.165, 1.54) is 0 Å². The van der Waals surface area contributed by atoms with Gasteiger partial charge in [0.05, 0.1) is 16.8 Å². The summed E-state index contributed by atoms with van der Waals surface area (Å²) in [5, 5.41) is 3.94. The molecule has 1 amide bonds. The van der Waals surface area contributed by atoms with E-state index in [9.17, 15) is 4.79 Å². The molecule has 160 valence electrons. The quantitative estimate of drug-likeness (QED) is 0.713. The summed E-state index contributed by atoms with van der Waals surface area (Å²) in [6, 6.07) is 7.93. The predicted octanol–water partition coefficient (Wildman–Crippen LogP) is 3.80. The van der Waals surface area contributed by atoms with Gasteiger partial charge in [0.25, 0.3) is 0 Å². The van der Waals surface area contributed by atoms with Crippen molar-refractivity contribution in [3.05, 3.63) is 29.3 Å². The SMILES string of the molecule is CCOC1CC(N)(C(=O)NC2CCCN(c3ccccc3Cl)C2)C1(C)C.Cl.Cl. The number of halogens is 3. The molecule has 1 saturated heterocycles. The largest absolute Gasteiger partial charge is 0.378 e. The molecule has 0 bridgehead atoms. The molecule has 0 spiro atoms. The Morgan fingerprint density at radius 2 is 2.04 bits per heavy atom. The number of rotatable bonds is 5. The summed E-state index contributed by atoms with van der Waals surface area (Å²) in [6.45, 7) is 8.35. The highest BCUT2D eigenvalue weighted by atomic mass is 35.5. The lowest BCUT2D eigenvalue weighted by Crippen LogP contribution is -2.76. The third-order valence-electron chi connectivity index (χ3n) is 6.18. The molecule has 3 atom stereocenters. The van der Waals surface area contributed by atoms with Gasteiger partial charge in [0.2, 0.25) is 5.91 Å². The van der Waals surface area contributed by atoms with E-state index in [2.05, 4.69) is 10.2 Å². The summed E-state index contributed by atoms with van der Waals surface area (Å²) >= 11 is 6.34. The lowest BCUT2D eigenvalue weighted by atomic mass is 9.54. The molecule has 3 unspecified atom stereocenters. The van der Waals surface area contributed by atoms with E-state index in [1.807, 2.05) is 45.0 Å². The number of hydrogen-bond donors (Lipinski definition) is 2. The Bertz CT molecular complexity index is 674. The minimum Gasteiger partial charge on any atom is -0.378 e. The van der Waals surface area contributed by atoms with Crippen molar-refractivity contribution in [2.45, 2.75) is 57.7 Å². The van der Waals surface area contributed by atoms with Crippen molar-refractivity contribution < 1.29 is 9.53 Å². The monoisotopic (exact) mass is 451 g/mol. The number of amides is 1. The van der Waals surface area contributed by atoms with E-state index in [1.54, 1.807) is 0 Å².